The molecule has 0 radical (unpaired) electrons. The van der Waals surface area contributed by atoms with Gasteiger partial charge in [0.15, 0.2) is 0 Å². The first-order valence-corrected chi connectivity index (χ1v) is 7.24. The van der Waals surface area contributed by atoms with Gasteiger partial charge in [-0.25, -0.2) is 4.98 Å². The lowest BCUT2D eigenvalue weighted by atomic mass is 9.76. The molecule has 100 valence electrons. The third-order valence-electron chi connectivity index (χ3n) is 4.80. The second kappa shape index (κ2) is 5.02. The maximum absolute atomic E-state index is 4.46. The van der Waals surface area contributed by atoms with E-state index in [4.69, 9.17) is 0 Å². The molecule has 4 heteroatoms. The molecule has 0 aromatic carbocycles. The molecule has 1 N–H and O–H groups in total. The number of hydrogen-bond donors (Lipinski definition) is 1. The van der Waals surface area contributed by atoms with Crippen molar-refractivity contribution in [2.24, 2.45) is 5.41 Å². The van der Waals surface area contributed by atoms with E-state index in [0.29, 0.717) is 5.41 Å². The van der Waals surface area contributed by atoms with Gasteiger partial charge in [0.2, 0.25) is 0 Å². The van der Waals surface area contributed by atoms with Crippen LogP contribution in [0.4, 0.5) is 0 Å². The Morgan fingerprint density at radius 1 is 1.33 bits per heavy atom. The van der Waals surface area contributed by atoms with Gasteiger partial charge < -0.3 is 9.88 Å². The van der Waals surface area contributed by atoms with Crippen molar-refractivity contribution >= 4 is 0 Å². The van der Waals surface area contributed by atoms with Crippen LogP contribution < -0.4 is 5.32 Å². The van der Waals surface area contributed by atoms with Gasteiger partial charge >= 0.3 is 0 Å². The molecule has 18 heavy (non-hydrogen) atoms. The van der Waals surface area contributed by atoms with Gasteiger partial charge in [-0.3, -0.25) is 4.90 Å². The number of piperidine rings is 1. The molecular formula is C14H24N4. The zero-order chi connectivity index (χ0) is 12.4. The molecule has 3 heterocycles. The normalized spacial score (nSPS) is 23.8. The van der Waals surface area contributed by atoms with E-state index in [1.807, 2.05) is 6.20 Å². The highest BCUT2D eigenvalue weighted by molar-refractivity contribution is 4.97. The Bertz CT molecular complexity index is 392. The molecule has 0 amide bonds. The zero-order valence-corrected chi connectivity index (χ0v) is 11.4. The molecule has 0 spiro atoms. The van der Waals surface area contributed by atoms with Crippen molar-refractivity contribution in [1.29, 1.82) is 0 Å². The molecule has 1 aromatic rings. The second-order valence-corrected chi connectivity index (χ2v) is 5.85. The highest BCUT2D eigenvalue weighted by Crippen LogP contribution is 2.34. The Hall–Kier alpha value is -0.870. The number of fused-ring (bicyclic) bond motifs is 1. The summed E-state index contributed by atoms with van der Waals surface area (Å²) in [6, 6.07) is 0. The zero-order valence-electron chi connectivity index (χ0n) is 11.4. The lowest BCUT2D eigenvalue weighted by molar-refractivity contribution is 0.0876. The molecule has 0 unspecified atom stereocenters. The average molecular weight is 248 g/mol. The largest absolute Gasteiger partial charge is 0.333 e. The minimum absolute atomic E-state index is 0.542. The van der Waals surface area contributed by atoms with Crippen LogP contribution in [0.1, 0.15) is 32.0 Å². The summed E-state index contributed by atoms with van der Waals surface area (Å²) in [5.41, 5.74) is 0.542. The summed E-state index contributed by atoms with van der Waals surface area (Å²) in [5.74, 6) is 1.24. The van der Waals surface area contributed by atoms with E-state index < -0.39 is 0 Å². The van der Waals surface area contributed by atoms with Crippen LogP contribution in [0, 0.1) is 5.41 Å². The lowest BCUT2D eigenvalue weighted by Crippen LogP contribution is -2.46. The van der Waals surface area contributed by atoms with Gasteiger partial charge in [0.05, 0.1) is 6.54 Å². The topological polar surface area (TPSA) is 33.1 Å². The van der Waals surface area contributed by atoms with Gasteiger partial charge in [-0.15, -0.1) is 0 Å². The first-order valence-electron chi connectivity index (χ1n) is 7.24. The monoisotopic (exact) mass is 248 g/mol. The summed E-state index contributed by atoms with van der Waals surface area (Å²) in [7, 11) is 0. The molecule has 1 saturated heterocycles. The summed E-state index contributed by atoms with van der Waals surface area (Å²) < 4.78 is 2.29. The molecular weight excluding hydrogens is 224 g/mol. The fraction of sp³-hybridized carbons (Fsp3) is 0.786. The molecule has 1 aromatic heterocycles. The van der Waals surface area contributed by atoms with Crippen LogP contribution in [0.25, 0.3) is 0 Å². The summed E-state index contributed by atoms with van der Waals surface area (Å²) >= 11 is 0. The second-order valence-electron chi connectivity index (χ2n) is 5.85. The molecule has 4 nitrogen and oxygen atoms in total. The SMILES string of the molecule is CCC1(CN2CCn3ccnc3C2)CCNCC1. The molecule has 0 bridgehead atoms. The van der Waals surface area contributed by atoms with Crippen molar-refractivity contribution in [1.82, 2.24) is 19.8 Å². The summed E-state index contributed by atoms with van der Waals surface area (Å²) in [5, 5.41) is 3.49. The third-order valence-corrected chi connectivity index (χ3v) is 4.80. The number of aromatic nitrogens is 2. The van der Waals surface area contributed by atoms with Crippen molar-refractivity contribution in [3.8, 4) is 0 Å². The van der Waals surface area contributed by atoms with Crippen LogP contribution in [0.3, 0.4) is 0 Å². The Balaban J connectivity index is 1.66. The molecule has 2 aliphatic rings. The smallest absolute Gasteiger partial charge is 0.122 e. The van der Waals surface area contributed by atoms with Crippen molar-refractivity contribution in [2.75, 3.05) is 26.2 Å². The lowest BCUT2D eigenvalue weighted by Gasteiger charge is -2.42. The predicted octanol–water partition coefficient (Wildman–Crippen LogP) is 1.48. The van der Waals surface area contributed by atoms with Crippen LogP contribution in [0.5, 0.6) is 0 Å². The van der Waals surface area contributed by atoms with E-state index in [1.165, 1.54) is 51.3 Å². The van der Waals surface area contributed by atoms with Crippen LogP contribution in [-0.4, -0.2) is 40.6 Å². The number of nitrogens with zero attached hydrogens (tertiary/aromatic N) is 3. The first-order chi connectivity index (χ1) is 8.81. The van der Waals surface area contributed by atoms with E-state index in [2.05, 4.69) is 32.9 Å². The van der Waals surface area contributed by atoms with Gasteiger partial charge in [-0.2, -0.15) is 0 Å². The van der Waals surface area contributed by atoms with Crippen LogP contribution >= 0.6 is 0 Å². The van der Waals surface area contributed by atoms with E-state index in [-0.39, 0.29) is 0 Å². The van der Waals surface area contributed by atoms with Crippen LogP contribution in [-0.2, 0) is 13.1 Å². The Morgan fingerprint density at radius 3 is 2.94 bits per heavy atom. The van der Waals surface area contributed by atoms with E-state index in [1.54, 1.807) is 0 Å². The number of rotatable bonds is 3. The molecule has 3 rings (SSSR count). The third kappa shape index (κ3) is 2.31. The van der Waals surface area contributed by atoms with Gasteiger partial charge in [0.25, 0.3) is 0 Å². The van der Waals surface area contributed by atoms with Crippen LogP contribution in [0.2, 0.25) is 0 Å². The van der Waals surface area contributed by atoms with Crippen LogP contribution in [0.15, 0.2) is 12.4 Å². The van der Waals surface area contributed by atoms with E-state index >= 15 is 0 Å². The fourth-order valence-electron chi connectivity index (χ4n) is 3.41. The molecule has 0 atom stereocenters. The Kier molecular flexibility index (Phi) is 3.39. The van der Waals surface area contributed by atoms with Gasteiger partial charge in [0.1, 0.15) is 5.82 Å². The maximum atomic E-state index is 4.46. The number of imidazole rings is 1. The minimum atomic E-state index is 0.542. The van der Waals surface area contributed by atoms with E-state index in [0.717, 1.165) is 13.1 Å². The fourth-order valence-corrected chi connectivity index (χ4v) is 3.41. The summed E-state index contributed by atoms with van der Waals surface area (Å²) in [6.07, 6.45) is 7.99. The highest BCUT2D eigenvalue weighted by Gasteiger charge is 2.33. The summed E-state index contributed by atoms with van der Waals surface area (Å²) in [4.78, 5) is 7.07. The summed E-state index contributed by atoms with van der Waals surface area (Å²) in [6.45, 7) is 9.30. The molecule has 0 aliphatic carbocycles. The average Bonchev–Trinajstić information content (AvgIpc) is 2.87. The standard InChI is InChI=1S/C14H24N4/c1-2-14(3-5-15-6-4-14)12-17-9-10-18-8-7-16-13(18)11-17/h7-8,15H,2-6,9-12H2,1H3. The molecule has 0 saturated carbocycles. The van der Waals surface area contributed by atoms with Crippen molar-refractivity contribution < 1.29 is 0 Å². The maximum Gasteiger partial charge on any atom is 0.122 e. The van der Waals surface area contributed by atoms with Gasteiger partial charge in [0, 0.05) is 32.0 Å². The number of hydrogen-bond acceptors (Lipinski definition) is 3. The predicted molar refractivity (Wildman–Crippen MR) is 72.3 cm³/mol. The van der Waals surface area contributed by atoms with Crippen molar-refractivity contribution in [2.45, 2.75) is 39.3 Å². The Labute approximate surface area is 109 Å². The van der Waals surface area contributed by atoms with Crippen molar-refractivity contribution in [3.05, 3.63) is 18.2 Å². The van der Waals surface area contributed by atoms with Gasteiger partial charge in [-0.1, -0.05) is 6.92 Å². The Morgan fingerprint density at radius 2 is 2.17 bits per heavy atom. The quantitative estimate of drug-likeness (QED) is 0.879. The molecule has 2 aliphatic heterocycles. The number of nitrogens with one attached hydrogen (secondary N) is 1. The minimum Gasteiger partial charge on any atom is -0.333 e. The first kappa shape index (κ1) is 12.2. The van der Waals surface area contributed by atoms with Crippen molar-refractivity contribution in [3.63, 3.8) is 0 Å². The molecule has 1 fully saturated rings. The van der Waals surface area contributed by atoms with E-state index in [9.17, 15) is 0 Å². The highest BCUT2D eigenvalue weighted by atomic mass is 15.2. The van der Waals surface area contributed by atoms with Gasteiger partial charge in [-0.05, 0) is 37.8 Å².